The van der Waals surface area contributed by atoms with Crippen molar-refractivity contribution in [1.82, 2.24) is 9.97 Å². The fourth-order valence-corrected chi connectivity index (χ4v) is 1.57. The van der Waals surface area contributed by atoms with Crippen molar-refractivity contribution in [2.24, 2.45) is 0 Å². The minimum absolute atomic E-state index is 0.264. The third kappa shape index (κ3) is 3.75. The summed E-state index contributed by atoms with van der Waals surface area (Å²) in [6.07, 6.45) is 2.27. The third-order valence-electron chi connectivity index (χ3n) is 1.62. The largest absolute Gasteiger partial charge is 0.467 e. The lowest BCUT2D eigenvalue weighted by atomic mass is 10.3. The van der Waals surface area contributed by atoms with Crippen LogP contribution in [0.15, 0.2) is 6.07 Å². The molecule has 5 nitrogen and oxygen atoms in total. The van der Waals surface area contributed by atoms with Crippen molar-refractivity contribution >= 4 is 21.4 Å². The van der Waals surface area contributed by atoms with E-state index in [1.54, 1.807) is 6.07 Å². The summed E-state index contributed by atoms with van der Waals surface area (Å²) >= 11 is 0. The van der Waals surface area contributed by atoms with Crippen LogP contribution in [0, 0.1) is 0 Å². The Labute approximate surface area is 90.0 Å². The van der Waals surface area contributed by atoms with Crippen LogP contribution in [0.2, 0.25) is 0 Å². The van der Waals surface area contributed by atoms with E-state index in [4.69, 9.17) is 4.74 Å². The molecule has 6 heteroatoms. The molecule has 0 saturated carbocycles. The molecule has 0 aromatic carbocycles. The molecule has 1 rings (SSSR count). The lowest BCUT2D eigenvalue weighted by molar-refractivity contribution is 0.379. The zero-order chi connectivity index (χ0) is 11.5. The van der Waals surface area contributed by atoms with Gasteiger partial charge in [-0.3, -0.25) is 4.72 Å². The van der Waals surface area contributed by atoms with Gasteiger partial charge in [0.1, 0.15) is 5.82 Å². The van der Waals surface area contributed by atoms with Gasteiger partial charge in [-0.15, -0.1) is 0 Å². The van der Waals surface area contributed by atoms with Crippen molar-refractivity contribution < 1.29 is 8.95 Å². The summed E-state index contributed by atoms with van der Waals surface area (Å²) in [5.41, 5.74) is 0.827. The molecule has 0 radical (unpaired) electrons. The highest BCUT2D eigenvalue weighted by Gasteiger charge is 2.05. The highest BCUT2D eigenvalue weighted by molar-refractivity contribution is 8.00. The first-order valence-electron chi connectivity index (χ1n) is 4.46. The van der Waals surface area contributed by atoms with Crippen molar-refractivity contribution in [2.75, 3.05) is 18.1 Å². The molecule has 15 heavy (non-hydrogen) atoms. The number of nitrogens with zero attached hydrogens (tertiary/aromatic N) is 2. The van der Waals surface area contributed by atoms with Gasteiger partial charge in [0, 0.05) is 27.7 Å². The SMILES string of the molecule is C=S(C)(=O)Nc1cc(CC)nc(OC)n1. The quantitative estimate of drug-likeness (QED) is 0.773. The van der Waals surface area contributed by atoms with Gasteiger partial charge in [0.25, 0.3) is 0 Å². The van der Waals surface area contributed by atoms with Crippen LogP contribution < -0.4 is 9.46 Å². The van der Waals surface area contributed by atoms with Crippen molar-refractivity contribution in [3.05, 3.63) is 11.8 Å². The zero-order valence-corrected chi connectivity index (χ0v) is 9.93. The molecule has 1 aromatic rings. The number of nitrogens with one attached hydrogen (secondary N) is 1. The fraction of sp³-hybridized carbons (Fsp3) is 0.444. The van der Waals surface area contributed by atoms with Gasteiger partial charge in [-0.2, -0.15) is 4.98 Å². The molecule has 0 spiro atoms. The highest BCUT2D eigenvalue weighted by atomic mass is 32.2. The van der Waals surface area contributed by atoms with E-state index in [1.807, 2.05) is 6.92 Å². The van der Waals surface area contributed by atoms with Crippen LogP contribution in [0.4, 0.5) is 5.82 Å². The number of ether oxygens (including phenoxy) is 1. The maximum Gasteiger partial charge on any atom is 0.318 e. The van der Waals surface area contributed by atoms with E-state index >= 15 is 0 Å². The normalized spacial score (nSPS) is 14.3. The van der Waals surface area contributed by atoms with Crippen molar-refractivity contribution in [3.63, 3.8) is 0 Å². The predicted octanol–water partition coefficient (Wildman–Crippen LogP) is 0.721. The topological polar surface area (TPSA) is 64.1 Å². The number of methoxy groups -OCH3 is 1. The lowest BCUT2D eigenvalue weighted by Crippen LogP contribution is -2.12. The van der Waals surface area contributed by atoms with E-state index in [1.165, 1.54) is 13.4 Å². The van der Waals surface area contributed by atoms with Gasteiger partial charge in [0.2, 0.25) is 0 Å². The van der Waals surface area contributed by atoms with E-state index in [9.17, 15) is 4.21 Å². The van der Waals surface area contributed by atoms with Crippen molar-refractivity contribution in [3.8, 4) is 6.01 Å². The van der Waals surface area contributed by atoms with Gasteiger partial charge in [0.05, 0.1) is 7.11 Å². The van der Waals surface area contributed by atoms with Gasteiger partial charge >= 0.3 is 6.01 Å². The molecule has 0 amide bonds. The molecular formula is C9H15N3O2S. The van der Waals surface area contributed by atoms with Crippen LogP contribution in [0.1, 0.15) is 12.6 Å². The summed E-state index contributed by atoms with van der Waals surface area (Å²) in [4.78, 5) is 8.14. The first kappa shape index (κ1) is 11.8. The summed E-state index contributed by atoms with van der Waals surface area (Å²) in [5.74, 6) is 3.97. The number of hydrogen-bond acceptors (Lipinski definition) is 4. The van der Waals surface area contributed by atoms with Gasteiger partial charge < -0.3 is 4.74 Å². The third-order valence-corrected chi connectivity index (χ3v) is 2.26. The molecule has 0 saturated heterocycles. The Kier molecular flexibility index (Phi) is 3.52. The predicted molar refractivity (Wildman–Crippen MR) is 62.8 cm³/mol. The molecule has 0 aliphatic carbocycles. The maximum absolute atomic E-state index is 11.4. The van der Waals surface area contributed by atoms with Gasteiger partial charge in [-0.1, -0.05) is 6.92 Å². The first-order chi connectivity index (χ1) is 6.94. The zero-order valence-electron chi connectivity index (χ0n) is 9.11. The van der Waals surface area contributed by atoms with Crippen LogP contribution in [0.5, 0.6) is 6.01 Å². The molecule has 0 fully saturated rings. The molecule has 0 aliphatic rings. The molecule has 0 aliphatic heterocycles. The summed E-state index contributed by atoms with van der Waals surface area (Å²) in [6.45, 7) is 1.97. The van der Waals surface area contributed by atoms with Crippen LogP contribution in [0.25, 0.3) is 0 Å². The van der Waals surface area contributed by atoms with E-state index < -0.39 is 9.71 Å². The Morgan fingerprint density at radius 3 is 2.73 bits per heavy atom. The molecule has 1 unspecified atom stereocenters. The number of aromatic nitrogens is 2. The summed E-state index contributed by atoms with van der Waals surface area (Å²) < 4.78 is 19.1. The van der Waals surface area contributed by atoms with Gasteiger partial charge in [-0.25, -0.2) is 9.19 Å². The number of rotatable bonds is 4. The smallest absolute Gasteiger partial charge is 0.318 e. The summed E-state index contributed by atoms with van der Waals surface area (Å²) in [5, 5.41) is 0. The second-order valence-electron chi connectivity index (χ2n) is 3.19. The van der Waals surface area contributed by atoms with Crippen molar-refractivity contribution in [1.29, 1.82) is 0 Å². The van der Waals surface area contributed by atoms with Gasteiger partial charge in [0.15, 0.2) is 0 Å². The number of hydrogen-bond donors (Lipinski definition) is 1. The second-order valence-corrected chi connectivity index (χ2v) is 5.41. The second kappa shape index (κ2) is 4.48. The molecule has 1 N–H and O–H groups in total. The van der Waals surface area contributed by atoms with Crippen LogP contribution >= 0.6 is 0 Å². The summed E-state index contributed by atoms with van der Waals surface area (Å²) in [6, 6.07) is 2.00. The maximum atomic E-state index is 11.4. The van der Waals surface area contributed by atoms with E-state index in [0.717, 1.165) is 12.1 Å². The lowest BCUT2D eigenvalue weighted by Gasteiger charge is -2.08. The van der Waals surface area contributed by atoms with Crippen LogP contribution in [-0.4, -0.2) is 33.4 Å². The van der Waals surface area contributed by atoms with E-state index in [0.29, 0.717) is 5.82 Å². The van der Waals surface area contributed by atoms with Crippen molar-refractivity contribution in [2.45, 2.75) is 13.3 Å². The minimum atomic E-state index is -2.32. The standard InChI is InChI=1S/C9H15N3O2S/c1-5-7-6-8(12-15(3,4)13)11-9(10-7)14-2/h6H,3,5H2,1-2,4H3,(H,10,11,12,13). The van der Waals surface area contributed by atoms with Crippen LogP contribution in [0.3, 0.4) is 0 Å². The summed E-state index contributed by atoms with van der Waals surface area (Å²) in [7, 11) is -0.831. The molecule has 84 valence electrons. The molecule has 1 aromatic heterocycles. The monoisotopic (exact) mass is 229 g/mol. The molecule has 1 atom stereocenters. The molecule has 1 heterocycles. The number of aryl methyl sites for hydroxylation is 1. The molecular weight excluding hydrogens is 214 g/mol. The Hall–Kier alpha value is -1.30. The average molecular weight is 229 g/mol. The number of anilines is 1. The van der Waals surface area contributed by atoms with E-state index in [-0.39, 0.29) is 6.01 Å². The fourth-order valence-electron chi connectivity index (χ4n) is 1.02. The molecule has 0 bridgehead atoms. The van der Waals surface area contributed by atoms with E-state index in [2.05, 4.69) is 20.6 Å². The average Bonchev–Trinajstić information content (AvgIpc) is 2.14. The Morgan fingerprint density at radius 1 is 1.60 bits per heavy atom. The Morgan fingerprint density at radius 2 is 2.27 bits per heavy atom. The Balaban J connectivity index is 3.07. The van der Waals surface area contributed by atoms with Gasteiger partial charge in [-0.05, 0) is 12.3 Å². The highest BCUT2D eigenvalue weighted by Crippen LogP contribution is 2.12. The van der Waals surface area contributed by atoms with Crippen LogP contribution in [-0.2, 0) is 16.1 Å². The minimum Gasteiger partial charge on any atom is -0.467 e. The Bertz CT molecular complexity index is 420. The first-order valence-corrected chi connectivity index (χ1v) is 6.60.